The third-order valence-corrected chi connectivity index (χ3v) is 18.1. The topological polar surface area (TPSA) is 237 Å². The highest BCUT2D eigenvalue weighted by Gasteiger charge is 2.30. The van der Waals surface area contributed by atoms with Crippen molar-refractivity contribution in [2.24, 2.45) is 5.92 Å². The molecule has 0 radical (unpaired) electrons. The van der Waals surface area contributed by atoms with Crippen LogP contribution in [0.1, 0.15) is 349 Å². The molecule has 0 heterocycles. The van der Waals surface area contributed by atoms with Crippen LogP contribution in [0.15, 0.2) is 24.3 Å². The van der Waals surface area contributed by atoms with Crippen LogP contribution in [0.4, 0.5) is 0 Å². The first-order valence-corrected chi connectivity index (χ1v) is 39.9. The van der Waals surface area contributed by atoms with Crippen molar-refractivity contribution in [3.63, 3.8) is 0 Å². The number of hydrogen-bond donors (Lipinski definition) is 3. The predicted octanol–water partition coefficient (Wildman–Crippen LogP) is 20.5. The molecule has 0 aromatic heterocycles. The minimum Gasteiger partial charge on any atom is -0.462 e. The van der Waals surface area contributed by atoms with E-state index in [4.69, 9.17) is 37.0 Å². The molecule has 3 N–H and O–H groups in total. The smallest absolute Gasteiger partial charge is 0.462 e. The van der Waals surface area contributed by atoms with Gasteiger partial charge in [0, 0.05) is 25.7 Å². The fourth-order valence-electron chi connectivity index (χ4n) is 10.5. The monoisotopic (exact) mass is 1330 g/mol. The summed E-state index contributed by atoms with van der Waals surface area (Å²) in [6.07, 6.45) is 54.8. The molecule has 0 aromatic rings. The number of hydrogen-bond acceptors (Lipinski definition) is 15. The van der Waals surface area contributed by atoms with Crippen LogP contribution in [-0.2, 0) is 65.4 Å². The van der Waals surface area contributed by atoms with Crippen molar-refractivity contribution in [2.45, 2.75) is 368 Å². The van der Waals surface area contributed by atoms with Crippen LogP contribution >= 0.6 is 15.6 Å². The van der Waals surface area contributed by atoms with Crippen LogP contribution in [0, 0.1) is 5.92 Å². The number of phosphoric acid groups is 2. The van der Waals surface area contributed by atoms with Crippen molar-refractivity contribution < 1.29 is 80.2 Å². The lowest BCUT2D eigenvalue weighted by Crippen LogP contribution is -2.30. The molecule has 0 aliphatic carbocycles. The first-order chi connectivity index (χ1) is 44.0. The Hall–Kier alpha value is -2.46. The second-order valence-electron chi connectivity index (χ2n) is 25.8. The zero-order chi connectivity index (χ0) is 67.0. The maximum atomic E-state index is 13.0. The largest absolute Gasteiger partial charge is 0.472 e. The summed E-state index contributed by atoms with van der Waals surface area (Å²) in [6.45, 7) is 7.19. The van der Waals surface area contributed by atoms with Crippen molar-refractivity contribution in [3.05, 3.63) is 24.3 Å². The molecule has 0 aromatic carbocycles. The standard InChI is InChI=1S/C72H136O17P2/c1-6-9-12-15-18-21-23-24-25-28-32-36-41-46-51-56-70(75)83-62-68(89-72(77)58-53-48-43-38-33-29-26-27-31-35-39-44-49-54-65(4)5)64-87-91(80,81)85-60-66(73)59-84-90(78,79)86-63-67(61-82-69(74)55-50-45-40-34-20-17-14-11-8-3)88-71(76)57-52-47-42-37-30-22-19-16-13-10-7-2/h21,23-25,65-68,73H,6-20,22,26-64H2,1-5H3,(H,78,79)(H,80,81)/b23-21-,25-24-/t66-,67+,68+/m0/s1. The Kier molecular flexibility index (Phi) is 63.1. The van der Waals surface area contributed by atoms with Crippen LogP contribution in [0.25, 0.3) is 0 Å². The molecule has 0 rings (SSSR count). The second-order valence-corrected chi connectivity index (χ2v) is 28.7. The van der Waals surface area contributed by atoms with Gasteiger partial charge in [-0.15, -0.1) is 0 Å². The van der Waals surface area contributed by atoms with Crippen LogP contribution in [-0.4, -0.2) is 96.7 Å². The van der Waals surface area contributed by atoms with E-state index in [-0.39, 0.29) is 25.7 Å². The zero-order valence-electron chi connectivity index (χ0n) is 58.5. The average molecular weight is 1340 g/mol. The van der Waals surface area contributed by atoms with Gasteiger partial charge in [-0.05, 0) is 57.3 Å². The lowest BCUT2D eigenvalue weighted by Gasteiger charge is -2.21. The summed E-state index contributed by atoms with van der Waals surface area (Å²) in [7, 11) is -9.91. The van der Waals surface area contributed by atoms with Crippen molar-refractivity contribution in [1.29, 1.82) is 0 Å². The van der Waals surface area contributed by atoms with E-state index in [1.807, 2.05) is 0 Å². The third kappa shape index (κ3) is 66.0. The van der Waals surface area contributed by atoms with Crippen LogP contribution in [0.2, 0.25) is 0 Å². The summed E-state index contributed by atoms with van der Waals surface area (Å²) in [6, 6.07) is 0. The van der Waals surface area contributed by atoms with E-state index in [9.17, 15) is 43.2 Å². The van der Waals surface area contributed by atoms with Gasteiger partial charge in [0.2, 0.25) is 0 Å². The Labute approximate surface area is 554 Å². The molecule has 0 saturated carbocycles. The van der Waals surface area contributed by atoms with E-state index < -0.39 is 97.5 Å². The molecule has 2 unspecified atom stereocenters. The number of carbonyl (C=O) groups excluding carboxylic acids is 4. The molecular weight excluding hydrogens is 1200 g/mol. The average Bonchev–Trinajstić information content (AvgIpc) is 2.71. The van der Waals surface area contributed by atoms with Gasteiger partial charge in [0.05, 0.1) is 26.4 Å². The Bertz CT molecular complexity index is 1850. The summed E-state index contributed by atoms with van der Waals surface area (Å²) in [5.74, 6) is -1.37. The third-order valence-electron chi connectivity index (χ3n) is 16.2. The maximum Gasteiger partial charge on any atom is 0.472 e. The van der Waals surface area contributed by atoms with E-state index in [1.165, 1.54) is 154 Å². The number of rotatable bonds is 70. The Morgan fingerprint density at radius 2 is 0.593 bits per heavy atom. The summed E-state index contributed by atoms with van der Waals surface area (Å²) in [5.41, 5.74) is 0. The normalized spacial score (nSPS) is 14.2. The van der Waals surface area contributed by atoms with Crippen molar-refractivity contribution in [3.8, 4) is 0 Å². The summed E-state index contributed by atoms with van der Waals surface area (Å²) < 4.78 is 68.3. The Balaban J connectivity index is 5.27. The van der Waals surface area contributed by atoms with Gasteiger partial charge < -0.3 is 33.8 Å². The van der Waals surface area contributed by atoms with Crippen LogP contribution in [0.5, 0.6) is 0 Å². The van der Waals surface area contributed by atoms with Crippen LogP contribution in [0.3, 0.4) is 0 Å². The van der Waals surface area contributed by atoms with Crippen LogP contribution < -0.4 is 0 Å². The molecule has 0 amide bonds. The van der Waals surface area contributed by atoms with Gasteiger partial charge in [0.15, 0.2) is 12.2 Å². The van der Waals surface area contributed by atoms with Gasteiger partial charge in [-0.1, -0.05) is 296 Å². The Morgan fingerprint density at radius 1 is 0.341 bits per heavy atom. The number of carbonyl (C=O) groups is 4. The van der Waals surface area contributed by atoms with Gasteiger partial charge in [-0.3, -0.25) is 37.3 Å². The van der Waals surface area contributed by atoms with Gasteiger partial charge in [0.1, 0.15) is 19.3 Å². The fourth-order valence-corrected chi connectivity index (χ4v) is 12.0. The minimum absolute atomic E-state index is 0.101. The van der Waals surface area contributed by atoms with E-state index in [2.05, 4.69) is 58.9 Å². The number of unbranched alkanes of at least 4 members (excludes halogenated alkanes) is 39. The first kappa shape index (κ1) is 88.5. The predicted molar refractivity (Wildman–Crippen MR) is 368 cm³/mol. The van der Waals surface area contributed by atoms with E-state index in [0.717, 1.165) is 115 Å². The van der Waals surface area contributed by atoms with E-state index in [0.29, 0.717) is 25.7 Å². The number of ether oxygens (including phenoxy) is 4. The summed E-state index contributed by atoms with van der Waals surface area (Å²) in [4.78, 5) is 72.5. The summed E-state index contributed by atoms with van der Waals surface area (Å²) >= 11 is 0. The molecule has 5 atom stereocenters. The number of esters is 4. The van der Waals surface area contributed by atoms with Crippen molar-refractivity contribution in [2.75, 3.05) is 39.6 Å². The van der Waals surface area contributed by atoms with E-state index in [1.54, 1.807) is 0 Å². The Morgan fingerprint density at radius 3 is 0.901 bits per heavy atom. The number of phosphoric ester groups is 2. The molecule has 0 saturated heterocycles. The maximum absolute atomic E-state index is 13.0. The highest BCUT2D eigenvalue weighted by Crippen LogP contribution is 2.45. The van der Waals surface area contributed by atoms with Gasteiger partial charge in [-0.2, -0.15) is 0 Å². The second kappa shape index (κ2) is 64.9. The van der Waals surface area contributed by atoms with Gasteiger partial charge >= 0.3 is 39.5 Å². The van der Waals surface area contributed by atoms with Gasteiger partial charge in [-0.25, -0.2) is 9.13 Å². The fraction of sp³-hybridized carbons (Fsp3) is 0.889. The number of allylic oxidation sites excluding steroid dienone is 4. The molecule has 91 heavy (non-hydrogen) atoms. The lowest BCUT2D eigenvalue weighted by atomic mass is 10.0. The molecular formula is C72H136O17P2. The number of aliphatic hydroxyl groups excluding tert-OH is 1. The molecule has 0 fully saturated rings. The zero-order valence-corrected chi connectivity index (χ0v) is 60.3. The molecule has 536 valence electrons. The van der Waals surface area contributed by atoms with Gasteiger partial charge in [0.25, 0.3) is 0 Å². The first-order valence-electron chi connectivity index (χ1n) is 37.0. The molecule has 19 heteroatoms. The van der Waals surface area contributed by atoms with Crippen molar-refractivity contribution >= 4 is 39.5 Å². The highest BCUT2D eigenvalue weighted by atomic mass is 31.2. The highest BCUT2D eigenvalue weighted by molar-refractivity contribution is 7.47. The quantitative estimate of drug-likeness (QED) is 0.0169. The molecule has 0 aliphatic heterocycles. The molecule has 0 spiro atoms. The molecule has 0 aliphatic rings. The number of aliphatic hydroxyl groups is 1. The lowest BCUT2D eigenvalue weighted by molar-refractivity contribution is -0.161. The minimum atomic E-state index is -4.96. The molecule has 0 bridgehead atoms. The SMILES string of the molecule is CCCCCC/C=C\C=C/CCCCCCCC(=O)OC[C@H](COP(=O)(O)OC[C@@H](O)COP(=O)(O)OC[C@@H](COC(=O)CCCCCCCCCCC)OC(=O)CCCCCCCCCCCCC)OC(=O)CCCCCCCCCCCCCCCC(C)C. The van der Waals surface area contributed by atoms with E-state index >= 15 is 0 Å². The molecule has 17 nitrogen and oxygen atoms in total. The van der Waals surface area contributed by atoms with Crippen molar-refractivity contribution in [1.82, 2.24) is 0 Å². The summed E-state index contributed by atoms with van der Waals surface area (Å²) in [5, 5.41) is 10.6.